The highest BCUT2D eigenvalue weighted by molar-refractivity contribution is 7.08. The van der Waals surface area contributed by atoms with Gasteiger partial charge >= 0.3 is 0 Å². The number of fused-ring (bicyclic) bond motifs is 3. The fourth-order valence-electron chi connectivity index (χ4n) is 4.21. The van der Waals surface area contributed by atoms with Crippen molar-refractivity contribution in [1.29, 1.82) is 10.5 Å². The van der Waals surface area contributed by atoms with Crippen molar-refractivity contribution in [1.82, 2.24) is 0 Å². The highest BCUT2D eigenvalue weighted by Gasteiger charge is 2.62. The standard InChI is InChI=1S/C20H15N3OS/c1-13(24)19-18(15-8-9-25-10-15)20(11-21,12-22)17-7-6-14-4-2-3-5-16(14)23(17)19/h2-10,17-19H,1H3/t17-,18+,19-/m1/s1. The fourth-order valence-corrected chi connectivity index (χ4v) is 4.91. The number of benzene rings is 1. The third-order valence-electron chi connectivity index (χ3n) is 5.23. The molecule has 0 unspecified atom stereocenters. The number of carbonyl (C=O) groups excluding carboxylic acids is 1. The number of hydrogen-bond donors (Lipinski definition) is 0. The lowest BCUT2D eigenvalue weighted by Gasteiger charge is -2.35. The number of hydrogen-bond acceptors (Lipinski definition) is 5. The van der Waals surface area contributed by atoms with Crippen LogP contribution in [0.3, 0.4) is 0 Å². The quantitative estimate of drug-likeness (QED) is 0.831. The van der Waals surface area contributed by atoms with Gasteiger partial charge in [-0.1, -0.05) is 30.4 Å². The Kier molecular flexibility index (Phi) is 3.49. The van der Waals surface area contributed by atoms with Crippen LogP contribution in [0.2, 0.25) is 0 Å². The molecule has 4 nitrogen and oxygen atoms in total. The second-order valence-corrected chi connectivity index (χ2v) is 7.23. The largest absolute Gasteiger partial charge is 0.351 e. The van der Waals surface area contributed by atoms with E-state index in [0.717, 1.165) is 16.8 Å². The van der Waals surface area contributed by atoms with Gasteiger partial charge in [0.2, 0.25) is 0 Å². The molecule has 1 saturated heterocycles. The highest BCUT2D eigenvalue weighted by Crippen LogP contribution is 2.55. The van der Waals surface area contributed by atoms with Crippen molar-refractivity contribution in [2.24, 2.45) is 5.41 Å². The molecular weight excluding hydrogens is 330 g/mol. The maximum Gasteiger partial charge on any atom is 0.176 e. The molecule has 0 aliphatic carbocycles. The molecule has 4 rings (SSSR count). The Morgan fingerprint density at radius 3 is 2.64 bits per heavy atom. The van der Waals surface area contributed by atoms with Gasteiger partial charge < -0.3 is 4.90 Å². The van der Waals surface area contributed by atoms with Crippen LogP contribution in [0.1, 0.15) is 24.0 Å². The van der Waals surface area contributed by atoms with E-state index in [1.54, 1.807) is 6.92 Å². The molecule has 0 saturated carbocycles. The molecule has 1 fully saturated rings. The van der Waals surface area contributed by atoms with E-state index in [2.05, 4.69) is 12.1 Å². The zero-order valence-corrected chi connectivity index (χ0v) is 14.4. The van der Waals surface area contributed by atoms with Crippen molar-refractivity contribution in [2.45, 2.75) is 24.9 Å². The summed E-state index contributed by atoms with van der Waals surface area (Å²) < 4.78 is 0. The van der Waals surface area contributed by atoms with Crippen molar-refractivity contribution in [3.05, 3.63) is 58.3 Å². The van der Waals surface area contributed by atoms with E-state index in [-0.39, 0.29) is 5.78 Å². The molecule has 0 radical (unpaired) electrons. The average molecular weight is 345 g/mol. The summed E-state index contributed by atoms with van der Waals surface area (Å²) in [7, 11) is 0. The molecular formula is C20H15N3OS. The van der Waals surface area contributed by atoms with Gasteiger partial charge in [-0.25, -0.2) is 0 Å². The summed E-state index contributed by atoms with van der Waals surface area (Å²) in [6.45, 7) is 1.55. The van der Waals surface area contributed by atoms with Gasteiger partial charge in [0, 0.05) is 11.6 Å². The normalized spacial score (nSPS) is 25.6. The van der Waals surface area contributed by atoms with Gasteiger partial charge in [0.25, 0.3) is 0 Å². The minimum Gasteiger partial charge on any atom is -0.351 e. The van der Waals surface area contributed by atoms with Crippen LogP contribution in [0.5, 0.6) is 0 Å². The molecule has 5 heteroatoms. The van der Waals surface area contributed by atoms with Crippen LogP contribution in [-0.4, -0.2) is 17.9 Å². The number of thiophene rings is 1. The third kappa shape index (κ3) is 2.00. The van der Waals surface area contributed by atoms with Crippen molar-refractivity contribution in [2.75, 3.05) is 4.90 Å². The van der Waals surface area contributed by atoms with E-state index in [9.17, 15) is 15.3 Å². The van der Waals surface area contributed by atoms with Gasteiger partial charge in [0.05, 0.1) is 24.2 Å². The molecule has 0 spiro atoms. The van der Waals surface area contributed by atoms with Crippen LogP contribution in [0.15, 0.2) is 47.2 Å². The number of Topliss-reactive ketones (excluding diaryl/α,β-unsaturated/α-hetero) is 1. The predicted molar refractivity (Wildman–Crippen MR) is 96.9 cm³/mol. The number of para-hydroxylation sites is 1. The number of anilines is 1. The third-order valence-corrected chi connectivity index (χ3v) is 5.94. The first-order valence-corrected chi connectivity index (χ1v) is 8.99. The summed E-state index contributed by atoms with van der Waals surface area (Å²) >= 11 is 1.51. The Morgan fingerprint density at radius 1 is 1.24 bits per heavy atom. The second kappa shape index (κ2) is 5.58. The number of rotatable bonds is 2. The monoisotopic (exact) mass is 345 g/mol. The van der Waals surface area contributed by atoms with E-state index >= 15 is 0 Å². The van der Waals surface area contributed by atoms with Crippen LogP contribution in [0.4, 0.5) is 5.69 Å². The lowest BCUT2D eigenvalue weighted by molar-refractivity contribution is -0.118. The number of ketones is 1. The van der Waals surface area contributed by atoms with Crippen LogP contribution < -0.4 is 4.90 Å². The number of carbonyl (C=O) groups is 1. The first-order valence-electron chi connectivity index (χ1n) is 8.04. The van der Waals surface area contributed by atoms with Crippen molar-refractivity contribution in [3.63, 3.8) is 0 Å². The van der Waals surface area contributed by atoms with E-state index in [1.165, 1.54) is 11.3 Å². The van der Waals surface area contributed by atoms with E-state index in [4.69, 9.17) is 0 Å². The van der Waals surface area contributed by atoms with Crippen molar-refractivity contribution in [3.8, 4) is 12.1 Å². The zero-order valence-electron chi connectivity index (χ0n) is 13.6. The first-order chi connectivity index (χ1) is 12.1. The Hall–Kier alpha value is -2.89. The highest BCUT2D eigenvalue weighted by atomic mass is 32.1. The summed E-state index contributed by atoms with van der Waals surface area (Å²) in [5.74, 6) is -0.509. The van der Waals surface area contributed by atoms with E-state index in [1.807, 2.05) is 58.1 Å². The summed E-state index contributed by atoms with van der Waals surface area (Å²) in [5, 5.41) is 23.9. The molecule has 1 aromatic carbocycles. The summed E-state index contributed by atoms with van der Waals surface area (Å²) in [5.41, 5.74) is 1.48. The fraction of sp³-hybridized carbons (Fsp3) is 0.250. The molecule has 2 aromatic rings. The van der Waals surface area contributed by atoms with Gasteiger partial charge in [-0.3, -0.25) is 4.79 Å². The molecule has 3 atom stereocenters. The summed E-state index contributed by atoms with van der Waals surface area (Å²) in [6.07, 6.45) is 3.85. The maximum atomic E-state index is 12.7. The SMILES string of the molecule is CC(=O)[C@@H]1[C@H](c2ccsc2)C(C#N)(C#N)[C@H]2C=Cc3ccccc3N12. The Balaban J connectivity index is 2.01. The Labute approximate surface area is 150 Å². The number of nitriles is 2. The Morgan fingerprint density at radius 2 is 2.00 bits per heavy atom. The molecule has 0 amide bonds. The average Bonchev–Trinajstić information content (AvgIpc) is 3.25. The molecule has 122 valence electrons. The maximum absolute atomic E-state index is 12.7. The minimum absolute atomic E-state index is 0.0290. The van der Waals surface area contributed by atoms with Crippen molar-refractivity contribution < 1.29 is 4.79 Å². The molecule has 0 N–H and O–H groups in total. The minimum atomic E-state index is -1.30. The van der Waals surface area contributed by atoms with E-state index < -0.39 is 23.4 Å². The van der Waals surface area contributed by atoms with Crippen LogP contribution in [0, 0.1) is 28.1 Å². The topological polar surface area (TPSA) is 67.9 Å². The summed E-state index contributed by atoms with van der Waals surface area (Å²) in [4.78, 5) is 14.6. The molecule has 3 heterocycles. The van der Waals surface area contributed by atoms with Gasteiger partial charge in [0.1, 0.15) is 0 Å². The zero-order chi connectivity index (χ0) is 17.6. The lowest BCUT2D eigenvalue weighted by Crippen LogP contribution is -2.43. The van der Waals surface area contributed by atoms with Crippen LogP contribution in [-0.2, 0) is 4.79 Å². The van der Waals surface area contributed by atoms with Gasteiger partial charge in [0.15, 0.2) is 11.2 Å². The molecule has 25 heavy (non-hydrogen) atoms. The van der Waals surface area contributed by atoms with Gasteiger partial charge in [-0.2, -0.15) is 21.9 Å². The lowest BCUT2D eigenvalue weighted by atomic mass is 9.70. The van der Waals surface area contributed by atoms with Crippen LogP contribution in [0.25, 0.3) is 6.08 Å². The van der Waals surface area contributed by atoms with Crippen molar-refractivity contribution >= 4 is 28.9 Å². The summed E-state index contributed by atoms with van der Waals surface area (Å²) in [6, 6.07) is 13.3. The van der Waals surface area contributed by atoms with Gasteiger partial charge in [-0.05, 0) is 40.9 Å². The molecule has 1 aromatic heterocycles. The first kappa shape index (κ1) is 15.6. The molecule has 2 aliphatic rings. The number of nitrogens with zero attached hydrogens (tertiary/aromatic N) is 3. The van der Waals surface area contributed by atoms with Crippen LogP contribution >= 0.6 is 11.3 Å². The predicted octanol–water partition coefficient (Wildman–Crippen LogP) is 3.74. The smallest absolute Gasteiger partial charge is 0.176 e. The molecule has 2 aliphatic heterocycles. The van der Waals surface area contributed by atoms with Gasteiger partial charge in [-0.15, -0.1) is 0 Å². The molecule has 0 bridgehead atoms. The Bertz CT molecular complexity index is 934. The second-order valence-electron chi connectivity index (χ2n) is 6.45. The van der Waals surface area contributed by atoms with E-state index in [0.29, 0.717) is 0 Å².